The van der Waals surface area contributed by atoms with Crippen molar-refractivity contribution >= 4 is 11.9 Å². The summed E-state index contributed by atoms with van der Waals surface area (Å²) in [4.78, 5) is 30.5. The Morgan fingerprint density at radius 3 is 2.21 bits per heavy atom. The third kappa shape index (κ3) is 7.54. The third-order valence-corrected chi connectivity index (χ3v) is 1.34. The third-order valence-electron chi connectivity index (χ3n) is 1.34. The second-order valence-corrected chi connectivity index (χ2v) is 2.52. The van der Waals surface area contributed by atoms with Crippen molar-refractivity contribution < 1.29 is 24.1 Å². The zero-order valence-electron chi connectivity index (χ0n) is 8.58. The molecule has 0 aliphatic rings. The fourth-order valence-electron chi connectivity index (χ4n) is 0.777. The Balaban J connectivity index is 3.34. The zero-order valence-corrected chi connectivity index (χ0v) is 8.58. The summed E-state index contributed by atoms with van der Waals surface area (Å²) in [5.41, 5.74) is 0. The first kappa shape index (κ1) is 12.9. The van der Waals surface area contributed by atoms with E-state index in [2.05, 4.69) is 14.5 Å². The molecule has 0 aromatic carbocycles. The molecular formula is C9H16O5. The van der Waals surface area contributed by atoms with Crippen molar-refractivity contribution in [2.45, 2.75) is 33.1 Å². The molecular weight excluding hydrogens is 188 g/mol. The quantitative estimate of drug-likeness (QED) is 0.354. The Morgan fingerprint density at radius 1 is 1.00 bits per heavy atom. The van der Waals surface area contributed by atoms with Crippen LogP contribution in [0.1, 0.15) is 33.1 Å². The minimum absolute atomic E-state index is 0.165. The summed E-state index contributed by atoms with van der Waals surface area (Å²) in [5, 5.41) is 0. The molecule has 0 aromatic rings. The topological polar surface area (TPSA) is 61.8 Å². The Bertz CT molecular complexity index is 178. The number of ether oxygens (including phenoxy) is 1. The molecule has 0 fully saturated rings. The zero-order chi connectivity index (χ0) is 10.8. The average Bonchev–Trinajstić information content (AvgIpc) is 2.15. The highest BCUT2D eigenvalue weighted by Crippen LogP contribution is 1.99. The number of hydrogen-bond acceptors (Lipinski definition) is 5. The first-order chi connectivity index (χ1) is 6.70. The summed E-state index contributed by atoms with van der Waals surface area (Å²) >= 11 is 0. The number of carbonyl (C=O) groups is 2. The average molecular weight is 204 g/mol. The molecule has 0 saturated carbocycles. The van der Waals surface area contributed by atoms with Crippen molar-refractivity contribution in [2.24, 2.45) is 0 Å². The van der Waals surface area contributed by atoms with Crippen LogP contribution in [-0.4, -0.2) is 25.2 Å². The standard InChI is InChI=1S/C9H16O5/c1-3-12-8(10)6-5-7-9(11)14-13-4-2/h3-7H2,1-2H3. The van der Waals surface area contributed by atoms with Gasteiger partial charge in [-0.1, -0.05) is 0 Å². The van der Waals surface area contributed by atoms with E-state index in [1.165, 1.54) is 0 Å². The molecule has 0 bridgehead atoms. The van der Waals surface area contributed by atoms with Gasteiger partial charge in [0.1, 0.15) is 0 Å². The van der Waals surface area contributed by atoms with Gasteiger partial charge in [-0.15, -0.1) is 0 Å². The lowest BCUT2D eigenvalue weighted by Crippen LogP contribution is -2.08. The number of hydrogen-bond donors (Lipinski definition) is 0. The minimum atomic E-state index is -0.462. The van der Waals surface area contributed by atoms with E-state index in [4.69, 9.17) is 0 Å². The molecule has 0 spiro atoms. The largest absolute Gasteiger partial charge is 0.466 e. The molecule has 0 rings (SSSR count). The fraction of sp³-hybridized carbons (Fsp3) is 0.778. The molecule has 0 N–H and O–H groups in total. The van der Waals surface area contributed by atoms with Crippen LogP contribution in [0.3, 0.4) is 0 Å². The Morgan fingerprint density at radius 2 is 1.64 bits per heavy atom. The second kappa shape index (κ2) is 8.50. The first-order valence-corrected chi connectivity index (χ1v) is 4.68. The number of esters is 1. The van der Waals surface area contributed by atoms with E-state index in [-0.39, 0.29) is 18.8 Å². The lowest BCUT2D eigenvalue weighted by atomic mass is 10.2. The highest BCUT2D eigenvalue weighted by atomic mass is 17.2. The van der Waals surface area contributed by atoms with Crippen LogP contribution in [0, 0.1) is 0 Å². The van der Waals surface area contributed by atoms with Gasteiger partial charge in [0.05, 0.1) is 13.2 Å². The summed E-state index contributed by atoms with van der Waals surface area (Å²) in [6.45, 7) is 4.14. The van der Waals surface area contributed by atoms with E-state index >= 15 is 0 Å². The predicted octanol–water partition coefficient (Wildman–Crippen LogP) is 1.21. The van der Waals surface area contributed by atoms with E-state index in [0.717, 1.165) is 0 Å². The van der Waals surface area contributed by atoms with Crippen LogP contribution in [-0.2, 0) is 24.1 Å². The van der Waals surface area contributed by atoms with Crippen LogP contribution in [0.2, 0.25) is 0 Å². The molecule has 0 atom stereocenters. The van der Waals surface area contributed by atoms with Gasteiger partial charge >= 0.3 is 11.9 Å². The van der Waals surface area contributed by atoms with Gasteiger partial charge in [-0.05, 0) is 20.3 Å². The Labute approximate surface area is 83.3 Å². The lowest BCUT2D eigenvalue weighted by Gasteiger charge is -2.01. The van der Waals surface area contributed by atoms with Gasteiger partial charge in [-0.25, -0.2) is 4.79 Å². The maximum atomic E-state index is 10.8. The van der Waals surface area contributed by atoms with Gasteiger partial charge in [0.15, 0.2) is 0 Å². The van der Waals surface area contributed by atoms with Gasteiger partial charge in [-0.3, -0.25) is 9.68 Å². The van der Waals surface area contributed by atoms with Crippen LogP contribution in [0.15, 0.2) is 0 Å². The summed E-state index contributed by atoms with van der Waals surface area (Å²) in [5.74, 6) is -0.757. The maximum Gasteiger partial charge on any atom is 0.342 e. The molecule has 0 unspecified atom stereocenters. The lowest BCUT2D eigenvalue weighted by molar-refractivity contribution is -0.269. The van der Waals surface area contributed by atoms with Crippen molar-refractivity contribution in [1.29, 1.82) is 0 Å². The van der Waals surface area contributed by atoms with E-state index in [1.807, 2.05) is 0 Å². The van der Waals surface area contributed by atoms with Crippen LogP contribution in [0.4, 0.5) is 0 Å². The van der Waals surface area contributed by atoms with Crippen LogP contribution >= 0.6 is 0 Å². The summed E-state index contributed by atoms with van der Waals surface area (Å²) in [6.07, 6.45) is 0.818. The first-order valence-electron chi connectivity index (χ1n) is 4.68. The van der Waals surface area contributed by atoms with E-state index in [9.17, 15) is 9.59 Å². The molecule has 0 amide bonds. The Hall–Kier alpha value is -1.10. The molecule has 0 radical (unpaired) electrons. The number of rotatable bonds is 7. The maximum absolute atomic E-state index is 10.8. The molecule has 0 aromatic heterocycles. The van der Waals surface area contributed by atoms with Crippen molar-refractivity contribution in [3.8, 4) is 0 Å². The van der Waals surface area contributed by atoms with Gasteiger partial charge < -0.3 is 4.74 Å². The van der Waals surface area contributed by atoms with Gasteiger partial charge in [0.2, 0.25) is 0 Å². The van der Waals surface area contributed by atoms with Gasteiger partial charge in [0, 0.05) is 12.8 Å². The van der Waals surface area contributed by atoms with Crippen molar-refractivity contribution in [3.63, 3.8) is 0 Å². The summed E-state index contributed by atoms with van der Waals surface area (Å²) in [7, 11) is 0. The van der Waals surface area contributed by atoms with E-state index < -0.39 is 5.97 Å². The highest BCUT2D eigenvalue weighted by Gasteiger charge is 2.06. The molecule has 0 aliphatic heterocycles. The summed E-state index contributed by atoms with van der Waals surface area (Å²) < 4.78 is 4.68. The van der Waals surface area contributed by atoms with Crippen LogP contribution in [0.5, 0.6) is 0 Å². The van der Waals surface area contributed by atoms with Crippen molar-refractivity contribution in [2.75, 3.05) is 13.2 Å². The monoisotopic (exact) mass is 204 g/mol. The smallest absolute Gasteiger partial charge is 0.342 e. The number of carbonyl (C=O) groups excluding carboxylic acids is 2. The molecule has 0 saturated heterocycles. The second-order valence-electron chi connectivity index (χ2n) is 2.52. The molecule has 5 heteroatoms. The van der Waals surface area contributed by atoms with Crippen molar-refractivity contribution in [1.82, 2.24) is 0 Å². The van der Waals surface area contributed by atoms with Crippen LogP contribution in [0.25, 0.3) is 0 Å². The van der Waals surface area contributed by atoms with Gasteiger partial charge in [0.25, 0.3) is 0 Å². The normalized spacial score (nSPS) is 9.57. The van der Waals surface area contributed by atoms with E-state index in [1.54, 1.807) is 13.8 Å². The van der Waals surface area contributed by atoms with Gasteiger partial charge in [-0.2, -0.15) is 4.89 Å². The minimum Gasteiger partial charge on any atom is -0.466 e. The van der Waals surface area contributed by atoms with E-state index in [0.29, 0.717) is 19.6 Å². The van der Waals surface area contributed by atoms with Crippen molar-refractivity contribution in [3.05, 3.63) is 0 Å². The predicted molar refractivity (Wildman–Crippen MR) is 48.2 cm³/mol. The molecule has 14 heavy (non-hydrogen) atoms. The van der Waals surface area contributed by atoms with Crippen LogP contribution < -0.4 is 0 Å². The highest BCUT2D eigenvalue weighted by molar-refractivity contribution is 5.72. The molecule has 0 aliphatic carbocycles. The molecule has 0 heterocycles. The summed E-state index contributed by atoms with van der Waals surface area (Å²) in [6, 6.07) is 0. The SMILES string of the molecule is CCOOC(=O)CCCC(=O)OCC. The Kier molecular flexibility index (Phi) is 7.83. The fourth-order valence-corrected chi connectivity index (χ4v) is 0.777. The molecule has 82 valence electrons. The molecule has 5 nitrogen and oxygen atoms in total.